The molecule has 2 aromatic carbocycles. The zero-order valence-electron chi connectivity index (χ0n) is 12.5. The minimum absolute atomic E-state index is 0.176. The van der Waals surface area contributed by atoms with Gasteiger partial charge in [0.1, 0.15) is 0 Å². The molecule has 0 unspecified atom stereocenters. The van der Waals surface area contributed by atoms with Crippen LogP contribution in [-0.2, 0) is 6.61 Å². The Kier molecular flexibility index (Phi) is 4.25. The number of nitrogens with zero attached hydrogens (tertiary/aromatic N) is 2. The molecule has 0 radical (unpaired) electrons. The summed E-state index contributed by atoms with van der Waals surface area (Å²) in [7, 11) is 1.53. The van der Waals surface area contributed by atoms with Gasteiger partial charge in [0.05, 0.1) is 24.9 Å². The van der Waals surface area contributed by atoms with E-state index in [0.717, 1.165) is 5.56 Å². The molecule has 0 aliphatic rings. The monoisotopic (exact) mass is 306 g/mol. The maximum Gasteiger partial charge on any atom is 0.232 e. The van der Waals surface area contributed by atoms with Gasteiger partial charge in [0.2, 0.25) is 5.89 Å². The summed E-state index contributed by atoms with van der Waals surface area (Å²) in [5, 5.41) is 8.90. The van der Waals surface area contributed by atoms with Crippen LogP contribution in [0.4, 0.5) is 0 Å². The first-order valence-electron chi connectivity index (χ1n) is 7.01. The summed E-state index contributed by atoms with van der Waals surface area (Å²) in [5.41, 5.74) is 1.47. The van der Waals surface area contributed by atoms with Gasteiger partial charge in [-0.15, -0.1) is 0 Å². The van der Waals surface area contributed by atoms with Gasteiger partial charge in [-0.3, -0.25) is 0 Å². The van der Waals surface area contributed by atoms with Gasteiger partial charge in [-0.05, 0) is 12.1 Å². The topological polar surface area (TPSA) is 68.3 Å². The van der Waals surface area contributed by atoms with Crippen molar-refractivity contribution < 1.29 is 13.9 Å². The number of rotatable bonds is 5. The van der Waals surface area contributed by atoms with Gasteiger partial charge in [0, 0.05) is 11.6 Å². The highest BCUT2D eigenvalue weighted by Gasteiger charge is 2.10. The first-order valence-corrected chi connectivity index (χ1v) is 7.01. The van der Waals surface area contributed by atoms with Crippen molar-refractivity contribution in [3.05, 3.63) is 66.2 Å². The highest BCUT2D eigenvalue weighted by molar-refractivity contribution is 5.55. The second kappa shape index (κ2) is 6.67. The van der Waals surface area contributed by atoms with Crippen LogP contribution >= 0.6 is 0 Å². The highest BCUT2D eigenvalue weighted by Crippen LogP contribution is 2.29. The quantitative estimate of drug-likeness (QED) is 0.717. The van der Waals surface area contributed by atoms with E-state index in [1.807, 2.05) is 30.3 Å². The van der Waals surface area contributed by atoms with Gasteiger partial charge < -0.3 is 13.9 Å². The maximum absolute atomic E-state index is 8.90. The lowest BCUT2D eigenvalue weighted by atomic mass is 10.2. The first kappa shape index (κ1) is 14.7. The fourth-order valence-corrected chi connectivity index (χ4v) is 2.11. The number of benzene rings is 2. The standard InChI is InChI=1S/C18H14N2O3/c1-21-16-9-13(10-19)7-8-15(16)22-12-18-20-11-17(23-18)14-5-3-2-4-6-14/h2-9,11H,12H2,1H3. The third-order valence-electron chi connectivity index (χ3n) is 3.26. The van der Waals surface area contributed by atoms with E-state index in [-0.39, 0.29) is 6.61 Å². The summed E-state index contributed by atoms with van der Waals surface area (Å²) in [5.74, 6) is 2.19. The van der Waals surface area contributed by atoms with Crippen molar-refractivity contribution in [2.24, 2.45) is 0 Å². The lowest BCUT2D eigenvalue weighted by Crippen LogP contribution is -1.98. The molecule has 0 fully saturated rings. The summed E-state index contributed by atoms with van der Waals surface area (Å²) >= 11 is 0. The molecule has 5 nitrogen and oxygen atoms in total. The van der Waals surface area contributed by atoms with Gasteiger partial charge in [-0.2, -0.15) is 5.26 Å². The molecule has 23 heavy (non-hydrogen) atoms. The second-order valence-electron chi connectivity index (χ2n) is 4.75. The minimum Gasteiger partial charge on any atom is -0.493 e. The molecule has 0 aliphatic heterocycles. The summed E-state index contributed by atoms with van der Waals surface area (Å²) < 4.78 is 16.6. The predicted octanol–water partition coefficient (Wildman–Crippen LogP) is 3.80. The van der Waals surface area contributed by atoms with E-state index in [2.05, 4.69) is 11.1 Å². The average molecular weight is 306 g/mol. The van der Waals surface area contributed by atoms with Crippen molar-refractivity contribution in [3.8, 4) is 28.9 Å². The molecule has 114 valence electrons. The Morgan fingerprint density at radius 3 is 2.70 bits per heavy atom. The van der Waals surface area contributed by atoms with Crippen molar-refractivity contribution in [3.63, 3.8) is 0 Å². The number of methoxy groups -OCH3 is 1. The predicted molar refractivity (Wildman–Crippen MR) is 84.0 cm³/mol. The fourth-order valence-electron chi connectivity index (χ4n) is 2.11. The van der Waals surface area contributed by atoms with Crippen molar-refractivity contribution >= 4 is 0 Å². The third kappa shape index (κ3) is 3.33. The van der Waals surface area contributed by atoms with Crippen LogP contribution in [0.25, 0.3) is 11.3 Å². The van der Waals surface area contributed by atoms with Crippen molar-refractivity contribution in [1.82, 2.24) is 4.98 Å². The van der Waals surface area contributed by atoms with Crippen LogP contribution in [0.1, 0.15) is 11.5 Å². The average Bonchev–Trinajstić information content (AvgIpc) is 3.09. The molecule has 3 rings (SSSR count). The fraction of sp³-hybridized carbons (Fsp3) is 0.111. The molecular formula is C18H14N2O3. The van der Waals surface area contributed by atoms with Crippen LogP contribution in [0.2, 0.25) is 0 Å². The molecule has 0 saturated heterocycles. The van der Waals surface area contributed by atoms with Gasteiger partial charge in [-0.1, -0.05) is 30.3 Å². The number of ether oxygens (including phenoxy) is 2. The normalized spacial score (nSPS) is 10.1. The molecule has 5 heteroatoms. The van der Waals surface area contributed by atoms with Gasteiger partial charge >= 0.3 is 0 Å². The van der Waals surface area contributed by atoms with Crippen molar-refractivity contribution in [2.45, 2.75) is 6.61 Å². The van der Waals surface area contributed by atoms with Crippen molar-refractivity contribution in [2.75, 3.05) is 7.11 Å². The number of oxazole rings is 1. The molecule has 0 N–H and O–H groups in total. The van der Waals surface area contributed by atoms with Crippen LogP contribution in [0.15, 0.2) is 59.1 Å². The lowest BCUT2D eigenvalue weighted by molar-refractivity contribution is 0.251. The minimum atomic E-state index is 0.176. The summed E-state index contributed by atoms with van der Waals surface area (Å²) in [4.78, 5) is 4.21. The molecule has 0 aliphatic carbocycles. The van der Waals surface area contributed by atoms with E-state index in [1.54, 1.807) is 24.4 Å². The molecular weight excluding hydrogens is 292 g/mol. The van der Waals surface area contributed by atoms with Crippen LogP contribution < -0.4 is 9.47 Å². The zero-order chi connectivity index (χ0) is 16.1. The second-order valence-corrected chi connectivity index (χ2v) is 4.75. The Morgan fingerprint density at radius 1 is 1.13 bits per heavy atom. The van der Waals surface area contributed by atoms with Crippen LogP contribution in [0.3, 0.4) is 0 Å². The molecule has 0 atom stereocenters. The number of aromatic nitrogens is 1. The summed E-state index contributed by atoms with van der Waals surface area (Å²) in [6, 6.07) is 16.8. The Labute approximate surface area is 133 Å². The molecule has 3 aromatic rings. The Balaban J connectivity index is 1.72. The molecule has 0 saturated carbocycles. The Morgan fingerprint density at radius 2 is 1.96 bits per heavy atom. The largest absolute Gasteiger partial charge is 0.493 e. The van der Waals surface area contributed by atoms with E-state index in [4.69, 9.17) is 19.2 Å². The van der Waals surface area contributed by atoms with Gasteiger partial charge in [0.25, 0.3) is 0 Å². The van der Waals surface area contributed by atoms with Crippen LogP contribution in [0.5, 0.6) is 11.5 Å². The van der Waals surface area contributed by atoms with Crippen LogP contribution in [-0.4, -0.2) is 12.1 Å². The Bertz CT molecular complexity index is 835. The smallest absolute Gasteiger partial charge is 0.232 e. The SMILES string of the molecule is COc1cc(C#N)ccc1OCc1ncc(-c2ccccc2)o1. The number of hydrogen-bond acceptors (Lipinski definition) is 5. The zero-order valence-corrected chi connectivity index (χ0v) is 12.5. The Hall–Kier alpha value is -3.26. The number of nitriles is 1. The number of hydrogen-bond donors (Lipinski definition) is 0. The first-order chi connectivity index (χ1) is 11.3. The van der Waals surface area contributed by atoms with E-state index >= 15 is 0 Å². The highest BCUT2D eigenvalue weighted by atomic mass is 16.5. The van der Waals surface area contributed by atoms with Gasteiger partial charge in [-0.25, -0.2) is 4.98 Å². The van der Waals surface area contributed by atoms with Crippen molar-refractivity contribution in [1.29, 1.82) is 5.26 Å². The summed E-state index contributed by atoms with van der Waals surface area (Å²) in [6.45, 7) is 0.176. The lowest BCUT2D eigenvalue weighted by Gasteiger charge is -2.09. The van der Waals surface area contributed by atoms with E-state index in [9.17, 15) is 0 Å². The van der Waals surface area contributed by atoms with Crippen LogP contribution in [0, 0.1) is 11.3 Å². The molecule has 0 spiro atoms. The third-order valence-corrected chi connectivity index (χ3v) is 3.26. The van der Waals surface area contributed by atoms with E-state index < -0.39 is 0 Å². The molecule has 0 bridgehead atoms. The van der Waals surface area contributed by atoms with E-state index in [0.29, 0.717) is 28.7 Å². The van der Waals surface area contributed by atoms with Gasteiger partial charge in [0.15, 0.2) is 23.9 Å². The molecule has 1 aromatic heterocycles. The molecule has 0 amide bonds. The molecule has 1 heterocycles. The van der Waals surface area contributed by atoms with E-state index in [1.165, 1.54) is 7.11 Å². The summed E-state index contributed by atoms with van der Waals surface area (Å²) in [6.07, 6.45) is 1.67. The maximum atomic E-state index is 8.90.